The van der Waals surface area contributed by atoms with Gasteiger partial charge >= 0.3 is 48.9 Å². The van der Waals surface area contributed by atoms with Gasteiger partial charge in [0.2, 0.25) is 0 Å². The summed E-state index contributed by atoms with van der Waals surface area (Å²) in [5.74, 6) is 0. The summed E-state index contributed by atoms with van der Waals surface area (Å²) >= 11 is 0. The monoisotopic (exact) mass is 258 g/mol. The summed E-state index contributed by atoms with van der Waals surface area (Å²) in [5.41, 5.74) is 0. The third-order valence-electron chi connectivity index (χ3n) is 0.878. The maximum atomic E-state index is 8.24. The summed E-state index contributed by atoms with van der Waals surface area (Å²) in [7, 11) is 0. The van der Waals surface area contributed by atoms with Crippen LogP contribution in [0.1, 0.15) is 19.8 Å². The second-order valence-corrected chi connectivity index (χ2v) is 1.69. The Kier molecular flexibility index (Phi) is 17.8. The van der Waals surface area contributed by atoms with Gasteiger partial charge in [-0.05, 0) is 6.42 Å². The molecule has 0 aliphatic heterocycles. The fourth-order valence-corrected chi connectivity index (χ4v) is 0.413. The Morgan fingerprint density at radius 3 is 2.44 bits per heavy atom. The minimum absolute atomic E-state index is 0. The zero-order chi connectivity index (χ0) is 6.24. The summed E-state index contributed by atoms with van der Waals surface area (Å²) in [6.07, 6.45) is 2.26. The van der Waals surface area contributed by atoms with E-state index in [0.717, 1.165) is 19.4 Å². The molecule has 0 amide bonds. The molecule has 0 aromatic heterocycles. The fourth-order valence-electron chi connectivity index (χ4n) is 0.413. The molecule has 0 radical (unpaired) electrons. The third-order valence-corrected chi connectivity index (χ3v) is 0.878. The molecule has 0 bridgehead atoms. The van der Waals surface area contributed by atoms with Crippen LogP contribution in [0.2, 0.25) is 0 Å². The van der Waals surface area contributed by atoms with Crippen LogP contribution in [-0.2, 0) is 4.74 Å². The standard InChI is InChI=1S/C6H14O2.Ba.2H/c1-2-3-5-8-6-4-7;;;/h7H,2-6H2,1H3;;;. The van der Waals surface area contributed by atoms with Crippen molar-refractivity contribution in [2.45, 2.75) is 19.8 Å². The van der Waals surface area contributed by atoms with Gasteiger partial charge in [-0.15, -0.1) is 0 Å². The molecule has 0 spiro atoms. The van der Waals surface area contributed by atoms with Crippen LogP contribution in [0.15, 0.2) is 0 Å². The molecule has 0 aromatic rings. The predicted molar refractivity (Wildman–Crippen MR) is 41.4 cm³/mol. The van der Waals surface area contributed by atoms with Gasteiger partial charge in [0.05, 0.1) is 13.2 Å². The molecule has 0 aliphatic carbocycles. The number of rotatable bonds is 5. The van der Waals surface area contributed by atoms with E-state index in [0.29, 0.717) is 6.61 Å². The second kappa shape index (κ2) is 12.2. The first-order chi connectivity index (χ1) is 3.91. The van der Waals surface area contributed by atoms with E-state index >= 15 is 0 Å². The maximum absolute atomic E-state index is 8.24. The number of hydrogen-bond donors (Lipinski definition) is 1. The van der Waals surface area contributed by atoms with Gasteiger partial charge in [-0.1, -0.05) is 13.3 Å². The quantitative estimate of drug-likeness (QED) is 0.550. The van der Waals surface area contributed by atoms with Gasteiger partial charge < -0.3 is 9.84 Å². The molecule has 0 saturated carbocycles. The Bertz CT molecular complexity index is 36.0. The van der Waals surface area contributed by atoms with Gasteiger partial charge in [0, 0.05) is 6.61 Å². The first-order valence-corrected chi connectivity index (χ1v) is 3.10. The van der Waals surface area contributed by atoms with Crippen LogP contribution in [0, 0.1) is 0 Å². The van der Waals surface area contributed by atoms with Crippen LogP contribution in [0.5, 0.6) is 0 Å². The fraction of sp³-hybridized carbons (Fsp3) is 1.00. The molecule has 9 heavy (non-hydrogen) atoms. The molecule has 0 aromatic carbocycles. The molecular formula is C6H16BaO2. The SMILES string of the molecule is CCCCOCCO.[BaH2]. The van der Waals surface area contributed by atoms with Crippen LogP contribution in [-0.4, -0.2) is 73.8 Å². The van der Waals surface area contributed by atoms with Crippen molar-refractivity contribution >= 4 is 48.9 Å². The molecule has 3 heteroatoms. The van der Waals surface area contributed by atoms with E-state index < -0.39 is 0 Å². The van der Waals surface area contributed by atoms with Gasteiger partial charge in [-0.3, -0.25) is 0 Å². The molecule has 0 aliphatic rings. The zero-order valence-corrected chi connectivity index (χ0v) is 5.39. The summed E-state index contributed by atoms with van der Waals surface area (Å²) in [5, 5.41) is 8.24. The number of aliphatic hydroxyl groups is 1. The summed E-state index contributed by atoms with van der Waals surface area (Å²) in [6.45, 7) is 3.53. The Labute approximate surface area is 97.0 Å². The Morgan fingerprint density at radius 2 is 2.00 bits per heavy atom. The third kappa shape index (κ3) is 12.6. The number of aliphatic hydroxyl groups excluding tert-OH is 1. The van der Waals surface area contributed by atoms with Crippen molar-refractivity contribution in [3.63, 3.8) is 0 Å². The molecule has 0 fully saturated rings. The first kappa shape index (κ1) is 13.1. The molecule has 1 N–H and O–H groups in total. The molecule has 0 atom stereocenters. The van der Waals surface area contributed by atoms with Crippen LogP contribution < -0.4 is 0 Å². The Hall–Kier alpha value is 1.49. The topological polar surface area (TPSA) is 29.5 Å². The van der Waals surface area contributed by atoms with Crippen molar-refractivity contribution in [3.05, 3.63) is 0 Å². The van der Waals surface area contributed by atoms with Gasteiger partial charge in [0.1, 0.15) is 0 Å². The van der Waals surface area contributed by atoms with E-state index in [9.17, 15) is 0 Å². The predicted octanol–water partition coefficient (Wildman–Crippen LogP) is -0.121. The van der Waals surface area contributed by atoms with Crippen LogP contribution in [0.3, 0.4) is 0 Å². The normalized spacial score (nSPS) is 8.67. The molecule has 0 unspecified atom stereocenters. The van der Waals surface area contributed by atoms with Crippen molar-refractivity contribution in [1.82, 2.24) is 0 Å². The average molecular weight is 258 g/mol. The van der Waals surface area contributed by atoms with Crippen molar-refractivity contribution in [3.8, 4) is 0 Å². The van der Waals surface area contributed by atoms with Gasteiger partial charge in [0.15, 0.2) is 0 Å². The van der Waals surface area contributed by atoms with E-state index in [1.54, 1.807) is 0 Å². The summed E-state index contributed by atoms with van der Waals surface area (Å²) in [4.78, 5) is 0. The van der Waals surface area contributed by atoms with E-state index in [-0.39, 0.29) is 55.5 Å². The van der Waals surface area contributed by atoms with Gasteiger partial charge in [-0.25, -0.2) is 0 Å². The Morgan fingerprint density at radius 1 is 1.33 bits per heavy atom. The van der Waals surface area contributed by atoms with Crippen molar-refractivity contribution in [2.24, 2.45) is 0 Å². The molecule has 2 nitrogen and oxygen atoms in total. The van der Waals surface area contributed by atoms with Crippen LogP contribution in [0.25, 0.3) is 0 Å². The molecular weight excluding hydrogens is 241 g/mol. The van der Waals surface area contributed by atoms with Gasteiger partial charge in [-0.2, -0.15) is 0 Å². The van der Waals surface area contributed by atoms with Crippen molar-refractivity contribution < 1.29 is 9.84 Å². The van der Waals surface area contributed by atoms with Crippen molar-refractivity contribution in [2.75, 3.05) is 19.8 Å². The van der Waals surface area contributed by atoms with Crippen LogP contribution >= 0.6 is 0 Å². The summed E-state index contributed by atoms with van der Waals surface area (Å²) < 4.78 is 4.97. The molecule has 0 saturated heterocycles. The summed E-state index contributed by atoms with van der Waals surface area (Å²) in [6, 6.07) is 0. The van der Waals surface area contributed by atoms with E-state index in [4.69, 9.17) is 9.84 Å². The second-order valence-electron chi connectivity index (χ2n) is 1.69. The van der Waals surface area contributed by atoms with Gasteiger partial charge in [0.25, 0.3) is 0 Å². The van der Waals surface area contributed by atoms with E-state index in [2.05, 4.69) is 6.92 Å². The Balaban J connectivity index is 0. The molecule has 54 valence electrons. The van der Waals surface area contributed by atoms with E-state index in [1.807, 2.05) is 0 Å². The number of ether oxygens (including phenoxy) is 1. The van der Waals surface area contributed by atoms with Crippen LogP contribution in [0.4, 0.5) is 0 Å². The van der Waals surface area contributed by atoms with E-state index in [1.165, 1.54) is 0 Å². The minimum atomic E-state index is 0. The number of unbranched alkanes of at least 4 members (excludes halogenated alkanes) is 1. The number of hydrogen-bond acceptors (Lipinski definition) is 2. The molecule has 0 rings (SSSR count). The van der Waals surface area contributed by atoms with Crippen molar-refractivity contribution in [1.29, 1.82) is 0 Å². The average Bonchev–Trinajstić information content (AvgIpc) is 1.81. The molecule has 0 heterocycles. The first-order valence-electron chi connectivity index (χ1n) is 3.10. The zero-order valence-electron chi connectivity index (χ0n) is 5.39.